The Hall–Kier alpha value is -8.54. The maximum absolute atomic E-state index is 7.08. The van der Waals surface area contributed by atoms with E-state index in [2.05, 4.69) is 269 Å². The first-order valence-electron chi connectivity index (χ1n) is 25.1. The third-order valence-electron chi connectivity index (χ3n) is 15.0. The van der Waals surface area contributed by atoms with Gasteiger partial charge in [-0.25, -0.2) is 0 Å². The summed E-state index contributed by atoms with van der Waals surface area (Å²) in [4.78, 5) is 11.9. The number of aromatic nitrogens is 4. The van der Waals surface area contributed by atoms with E-state index in [0.29, 0.717) is 0 Å². The van der Waals surface area contributed by atoms with Gasteiger partial charge in [0.05, 0.1) is 44.8 Å². The molecule has 5 heterocycles. The lowest BCUT2D eigenvalue weighted by Gasteiger charge is -2.41. The highest BCUT2D eigenvalue weighted by molar-refractivity contribution is 6.16. The topological polar surface area (TPSA) is 44.9 Å². The summed E-state index contributed by atoms with van der Waals surface area (Å²) in [5, 5.41) is 4.68. The molecule has 0 saturated carbocycles. The van der Waals surface area contributed by atoms with Gasteiger partial charge < -0.3 is 13.9 Å². The maximum atomic E-state index is 7.08. The normalized spacial score (nSPS) is 13.4. The first-order chi connectivity index (χ1) is 35.0. The number of ether oxygens (including phenoxy) is 1. The molecule has 1 aliphatic heterocycles. The van der Waals surface area contributed by atoms with Crippen molar-refractivity contribution >= 4 is 43.6 Å². The minimum absolute atomic E-state index is 0.163. The molecule has 0 radical (unpaired) electrons. The second-order valence-electron chi connectivity index (χ2n) is 21.4. The summed E-state index contributed by atoms with van der Waals surface area (Å²) in [5.74, 6) is 1.58. The lowest BCUT2D eigenvalue weighted by Crippen LogP contribution is -2.37. The van der Waals surface area contributed by atoms with E-state index in [4.69, 9.17) is 14.7 Å². The molecule has 0 bridgehead atoms. The Labute approximate surface area is 420 Å². The summed E-state index contributed by atoms with van der Waals surface area (Å²) >= 11 is 0. The van der Waals surface area contributed by atoms with Crippen LogP contribution < -0.4 is 4.74 Å². The summed E-state index contributed by atoms with van der Waals surface area (Å²) in [6, 6.07) is 78.7. The molecule has 13 rings (SSSR count). The van der Waals surface area contributed by atoms with Gasteiger partial charge in [-0.05, 0) is 119 Å². The van der Waals surface area contributed by atoms with Gasteiger partial charge in [-0.15, -0.1) is 0 Å². The van der Waals surface area contributed by atoms with Crippen LogP contribution in [0, 0.1) is 0 Å². The zero-order valence-electron chi connectivity index (χ0n) is 41.5. The van der Waals surface area contributed by atoms with Gasteiger partial charge in [0.15, 0.2) is 0 Å². The van der Waals surface area contributed by atoms with Gasteiger partial charge in [-0.1, -0.05) is 163 Å². The van der Waals surface area contributed by atoms with Crippen molar-refractivity contribution in [3.8, 4) is 45.4 Å². The molecule has 348 valence electrons. The predicted octanol–water partition coefficient (Wildman–Crippen LogP) is 17.1. The molecule has 1 aliphatic rings. The monoisotopic (exact) mass is 930 g/mol. The molecule has 8 aromatic carbocycles. The van der Waals surface area contributed by atoms with Gasteiger partial charge >= 0.3 is 0 Å². The number of hydrogen-bond acceptors (Lipinski definition) is 3. The fraction of sp³-hybridized carbons (Fsp3) is 0.134. The number of hydrogen-bond donors (Lipinski definition) is 0. The summed E-state index contributed by atoms with van der Waals surface area (Å²) in [6.07, 6.45) is 0. The highest BCUT2D eigenvalue weighted by atomic mass is 16.5. The molecule has 0 aliphatic carbocycles. The van der Waals surface area contributed by atoms with Crippen LogP contribution >= 0.6 is 0 Å². The Morgan fingerprint density at radius 2 is 0.764 bits per heavy atom. The van der Waals surface area contributed by atoms with Crippen LogP contribution in [0.3, 0.4) is 0 Å². The van der Waals surface area contributed by atoms with Crippen LogP contribution in [-0.4, -0.2) is 19.1 Å². The Kier molecular flexibility index (Phi) is 9.82. The number of para-hydroxylation sites is 4. The van der Waals surface area contributed by atoms with Crippen molar-refractivity contribution < 1.29 is 4.74 Å². The average Bonchev–Trinajstić information content (AvgIpc) is 3.93. The quantitative estimate of drug-likeness (QED) is 0.167. The number of benzene rings is 8. The van der Waals surface area contributed by atoms with E-state index >= 15 is 0 Å². The SMILES string of the molecule is CC(C)(C)c1ccc2c(c1)C(c1cccc(-c3cccc4c3c3ccccc3n4-c3ccccc3)n1)(c1cccc(-c3cccc4c3c3ccccc3n4-c3ccccc3)n1)c1cc(C(C)(C)C)ccc1O2. The van der Waals surface area contributed by atoms with Crippen molar-refractivity contribution in [2.45, 2.75) is 57.8 Å². The molecule has 5 nitrogen and oxygen atoms in total. The van der Waals surface area contributed by atoms with E-state index in [-0.39, 0.29) is 10.8 Å². The second kappa shape index (κ2) is 16.3. The van der Waals surface area contributed by atoms with Crippen LogP contribution in [-0.2, 0) is 16.2 Å². The molecule has 0 atom stereocenters. The number of rotatable bonds is 6. The molecule has 0 saturated heterocycles. The van der Waals surface area contributed by atoms with Crippen LogP contribution in [0.5, 0.6) is 11.5 Å². The maximum Gasteiger partial charge on any atom is 0.132 e. The molecule has 0 spiro atoms. The van der Waals surface area contributed by atoms with E-state index in [1.165, 1.54) is 21.9 Å². The third kappa shape index (κ3) is 6.67. The lowest BCUT2D eigenvalue weighted by atomic mass is 9.65. The fourth-order valence-corrected chi connectivity index (χ4v) is 11.5. The van der Waals surface area contributed by atoms with Gasteiger partial charge in [0.1, 0.15) is 16.9 Å². The first-order valence-corrected chi connectivity index (χ1v) is 25.1. The molecule has 0 N–H and O–H groups in total. The number of pyridine rings is 2. The van der Waals surface area contributed by atoms with Crippen LogP contribution in [0.25, 0.3) is 77.5 Å². The van der Waals surface area contributed by atoms with E-state index in [0.717, 1.165) is 101 Å². The van der Waals surface area contributed by atoms with Gasteiger partial charge in [-0.2, -0.15) is 0 Å². The van der Waals surface area contributed by atoms with E-state index < -0.39 is 5.41 Å². The molecular weight excluding hydrogens is 877 g/mol. The molecule has 0 unspecified atom stereocenters. The van der Waals surface area contributed by atoms with Crippen LogP contribution in [0.1, 0.15) is 75.2 Å². The molecule has 12 aromatic rings. The molecule has 4 aromatic heterocycles. The smallest absolute Gasteiger partial charge is 0.132 e. The summed E-state index contributed by atoms with van der Waals surface area (Å²) in [5.41, 5.74) is 15.5. The van der Waals surface area contributed by atoms with Crippen LogP contribution in [0.4, 0.5) is 0 Å². The van der Waals surface area contributed by atoms with Crippen molar-refractivity contribution in [2.24, 2.45) is 0 Å². The summed E-state index contributed by atoms with van der Waals surface area (Å²) < 4.78 is 11.8. The minimum atomic E-state index is -1.03. The minimum Gasteiger partial charge on any atom is -0.457 e. The standard InChI is InChI=1S/C67H54N4O/c1-65(2,3)43-37-39-59-51(41-43)67(52-42-44(66(4,5)6)38-40-60(52)72-59,61-35-19-29-53(68-61)47-27-17-33-57-63(47)49-25-13-15-31-55(49)70(57)45-21-9-7-10-22-45)62-36-20-30-54(69-62)48-28-18-34-58-64(48)50-26-14-16-32-56(50)71(58)46-23-11-8-12-24-46/h7-42H,1-6H3. The van der Waals surface area contributed by atoms with Crippen molar-refractivity contribution in [2.75, 3.05) is 0 Å². The molecule has 5 heteroatoms. The van der Waals surface area contributed by atoms with Gasteiger partial charge in [0.2, 0.25) is 0 Å². The Morgan fingerprint density at radius 1 is 0.375 bits per heavy atom. The van der Waals surface area contributed by atoms with Gasteiger partial charge in [0.25, 0.3) is 0 Å². The Morgan fingerprint density at radius 3 is 1.19 bits per heavy atom. The zero-order valence-corrected chi connectivity index (χ0v) is 41.5. The predicted molar refractivity (Wildman–Crippen MR) is 297 cm³/mol. The highest BCUT2D eigenvalue weighted by Crippen LogP contribution is 2.56. The largest absolute Gasteiger partial charge is 0.457 e. The van der Waals surface area contributed by atoms with Gasteiger partial charge in [0, 0.05) is 55.2 Å². The van der Waals surface area contributed by atoms with E-state index in [9.17, 15) is 0 Å². The van der Waals surface area contributed by atoms with Crippen molar-refractivity contribution in [3.05, 3.63) is 252 Å². The van der Waals surface area contributed by atoms with Crippen LogP contribution in [0.2, 0.25) is 0 Å². The van der Waals surface area contributed by atoms with E-state index in [1.54, 1.807) is 0 Å². The van der Waals surface area contributed by atoms with Crippen molar-refractivity contribution in [1.82, 2.24) is 19.1 Å². The van der Waals surface area contributed by atoms with Gasteiger partial charge in [-0.3, -0.25) is 9.97 Å². The van der Waals surface area contributed by atoms with Crippen LogP contribution in [0.15, 0.2) is 218 Å². The Bertz CT molecular complexity index is 3820. The highest BCUT2D eigenvalue weighted by Gasteiger charge is 2.49. The molecule has 0 amide bonds. The van der Waals surface area contributed by atoms with Crippen molar-refractivity contribution in [1.29, 1.82) is 0 Å². The molecule has 0 fully saturated rings. The third-order valence-corrected chi connectivity index (χ3v) is 15.0. The van der Waals surface area contributed by atoms with E-state index in [1.807, 2.05) is 0 Å². The fourth-order valence-electron chi connectivity index (χ4n) is 11.5. The lowest BCUT2D eigenvalue weighted by molar-refractivity contribution is 0.426. The zero-order chi connectivity index (χ0) is 48.9. The first kappa shape index (κ1) is 43.5. The molecular formula is C67H54N4O. The average molecular weight is 931 g/mol. The molecule has 72 heavy (non-hydrogen) atoms. The summed E-state index contributed by atoms with van der Waals surface area (Å²) in [6.45, 7) is 13.7. The number of fused-ring (bicyclic) bond motifs is 8. The second-order valence-corrected chi connectivity index (χ2v) is 21.4. The Balaban J connectivity index is 1.13. The van der Waals surface area contributed by atoms with Crippen molar-refractivity contribution in [3.63, 3.8) is 0 Å². The summed E-state index contributed by atoms with van der Waals surface area (Å²) in [7, 11) is 0. The number of nitrogens with zero attached hydrogens (tertiary/aromatic N) is 4.